The van der Waals surface area contributed by atoms with Crippen molar-refractivity contribution in [3.63, 3.8) is 0 Å². The second-order valence-corrected chi connectivity index (χ2v) is 5.17. The number of carbonyl (C=O) groups excluding carboxylic acids is 1. The maximum Gasteiger partial charge on any atom is 0.335 e. The summed E-state index contributed by atoms with van der Waals surface area (Å²) < 4.78 is 13.3. The molecule has 0 heterocycles. The number of carboxylic acids is 1. The lowest BCUT2D eigenvalue weighted by Gasteiger charge is -2.07. The molecule has 1 amide bonds. The molecule has 0 aromatic heterocycles. The van der Waals surface area contributed by atoms with Gasteiger partial charge in [0.15, 0.2) is 0 Å². The first kappa shape index (κ1) is 15.2. The predicted molar refractivity (Wildman–Crippen MR) is 78.7 cm³/mol. The molecule has 2 rings (SSSR count). The number of halogens is 2. The highest BCUT2D eigenvalue weighted by atomic mass is 79.9. The number of amides is 1. The third-order valence-corrected chi connectivity index (χ3v) is 3.42. The summed E-state index contributed by atoms with van der Waals surface area (Å²) in [4.78, 5) is 22.8. The van der Waals surface area contributed by atoms with Crippen molar-refractivity contribution in [1.82, 2.24) is 5.32 Å². The minimum absolute atomic E-state index is 0.159. The first-order valence-corrected chi connectivity index (χ1v) is 6.82. The van der Waals surface area contributed by atoms with E-state index in [1.807, 2.05) is 0 Å². The summed E-state index contributed by atoms with van der Waals surface area (Å²) >= 11 is 3.02. The van der Waals surface area contributed by atoms with Gasteiger partial charge >= 0.3 is 5.97 Å². The lowest BCUT2D eigenvalue weighted by molar-refractivity contribution is 0.0696. The van der Waals surface area contributed by atoms with Crippen LogP contribution in [0, 0.1) is 5.82 Å². The quantitative estimate of drug-likeness (QED) is 0.888. The van der Waals surface area contributed by atoms with E-state index in [0.29, 0.717) is 11.1 Å². The normalized spacial score (nSPS) is 10.2. The fraction of sp³-hybridized carbons (Fsp3) is 0.0667. The molecule has 0 aliphatic rings. The first-order valence-electron chi connectivity index (χ1n) is 6.03. The molecule has 0 fully saturated rings. The molecule has 0 radical (unpaired) electrons. The molecule has 0 atom stereocenters. The van der Waals surface area contributed by atoms with Gasteiger partial charge in [0.25, 0.3) is 5.91 Å². The monoisotopic (exact) mass is 351 g/mol. The Kier molecular flexibility index (Phi) is 4.70. The molecule has 2 aromatic rings. The third kappa shape index (κ3) is 3.88. The van der Waals surface area contributed by atoms with Crippen LogP contribution in [0.15, 0.2) is 46.9 Å². The van der Waals surface area contributed by atoms with E-state index in [0.717, 1.165) is 0 Å². The SMILES string of the molecule is O=C(O)c1cccc(CNC(=O)c2ccc(F)c(Br)c2)c1. The van der Waals surface area contributed by atoms with Gasteiger partial charge in [-0.25, -0.2) is 9.18 Å². The van der Waals surface area contributed by atoms with Gasteiger partial charge in [-0.05, 0) is 51.8 Å². The number of aromatic carboxylic acids is 1. The van der Waals surface area contributed by atoms with E-state index in [9.17, 15) is 14.0 Å². The van der Waals surface area contributed by atoms with Gasteiger partial charge in [-0.3, -0.25) is 4.79 Å². The third-order valence-electron chi connectivity index (χ3n) is 2.81. The van der Waals surface area contributed by atoms with Crippen molar-refractivity contribution in [2.75, 3.05) is 0 Å². The summed E-state index contributed by atoms with van der Waals surface area (Å²) in [5.41, 5.74) is 1.15. The van der Waals surface area contributed by atoms with Crippen molar-refractivity contribution in [2.45, 2.75) is 6.54 Å². The number of carbonyl (C=O) groups is 2. The highest BCUT2D eigenvalue weighted by Gasteiger charge is 2.09. The van der Waals surface area contributed by atoms with E-state index >= 15 is 0 Å². The molecule has 0 unspecified atom stereocenters. The van der Waals surface area contributed by atoms with Gasteiger partial charge in [-0.15, -0.1) is 0 Å². The number of rotatable bonds is 4. The van der Waals surface area contributed by atoms with Crippen LogP contribution in [0.4, 0.5) is 4.39 Å². The molecule has 6 heteroatoms. The van der Waals surface area contributed by atoms with Crippen molar-refractivity contribution in [3.8, 4) is 0 Å². The number of benzene rings is 2. The smallest absolute Gasteiger partial charge is 0.335 e. The van der Waals surface area contributed by atoms with Gasteiger partial charge in [-0.1, -0.05) is 12.1 Å². The summed E-state index contributed by atoms with van der Waals surface area (Å²) in [6.45, 7) is 0.189. The lowest BCUT2D eigenvalue weighted by atomic mass is 10.1. The second kappa shape index (κ2) is 6.49. The van der Waals surface area contributed by atoms with E-state index in [1.54, 1.807) is 12.1 Å². The molecule has 0 saturated carbocycles. The molecule has 0 bridgehead atoms. The Morgan fingerprint density at radius 1 is 1.14 bits per heavy atom. The van der Waals surface area contributed by atoms with Crippen LogP contribution in [0.25, 0.3) is 0 Å². The van der Waals surface area contributed by atoms with Gasteiger partial charge in [0.05, 0.1) is 10.0 Å². The Morgan fingerprint density at radius 2 is 1.90 bits per heavy atom. The maximum absolute atomic E-state index is 13.1. The molecule has 0 saturated heterocycles. The highest BCUT2D eigenvalue weighted by molar-refractivity contribution is 9.10. The van der Waals surface area contributed by atoms with Gasteiger partial charge in [0, 0.05) is 12.1 Å². The van der Waals surface area contributed by atoms with E-state index in [4.69, 9.17) is 5.11 Å². The van der Waals surface area contributed by atoms with Crippen LogP contribution in [-0.2, 0) is 6.54 Å². The number of hydrogen-bond acceptors (Lipinski definition) is 2. The molecule has 0 aliphatic carbocycles. The highest BCUT2D eigenvalue weighted by Crippen LogP contribution is 2.16. The predicted octanol–water partition coefficient (Wildman–Crippen LogP) is 3.22. The van der Waals surface area contributed by atoms with Crippen LogP contribution in [0.1, 0.15) is 26.3 Å². The zero-order chi connectivity index (χ0) is 15.4. The maximum atomic E-state index is 13.1. The van der Waals surface area contributed by atoms with Crippen molar-refractivity contribution < 1.29 is 19.1 Å². The molecular formula is C15H11BrFNO3. The van der Waals surface area contributed by atoms with E-state index in [2.05, 4.69) is 21.2 Å². The van der Waals surface area contributed by atoms with Crippen LogP contribution in [0.2, 0.25) is 0 Å². The molecule has 2 aromatic carbocycles. The summed E-state index contributed by atoms with van der Waals surface area (Å²) in [6.07, 6.45) is 0. The van der Waals surface area contributed by atoms with Crippen LogP contribution in [0.5, 0.6) is 0 Å². The zero-order valence-corrected chi connectivity index (χ0v) is 12.4. The number of nitrogens with one attached hydrogen (secondary N) is 1. The topological polar surface area (TPSA) is 66.4 Å². The van der Waals surface area contributed by atoms with Gasteiger partial charge in [-0.2, -0.15) is 0 Å². The summed E-state index contributed by atoms with van der Waals surface area (Å²) in [5, 5.41) is 11.5. The summed E-state index contributed by atoms with van der Waals surface area (Å²) in [5.74, 6) is -1.83. The van der Waals surface area contributed by atoms with Gasteiger partial charge in [0.2, 0.25) is 0 Å². The number of carboxylic acid groups (broad SMARTS) is 1. The zero-order valence-electron chi connectivity index (χ0n) is 10.8. The summed E-state index contributed by atoms with van der Waals surface area (Å²) in [6, 6.07) is 10.3. The molecular weight excluding hydrogens is 341 g/mol. The molecule has 108 valence electrons. The molecule has 0 spiro atoms. The largest absolute Gasteiger partial charge is 0.478 e. The van der Waals surface area contributed by atoms with E-state index < -0.39 is 11.8 Å². The van der Waals surface area contributed by atoms with Crippen molar-refractivity contribution in [1.29, 1.82) is 0 Å². The Hall–Kier alpha value is -2.21. The molecule has 0 aliphatic heterocycles. The van der Waals surface area contributed by atoms with Crippen molar-refractivity contribution >= 4 is 27.8 Å². The van der Waals surface area contributed by atoms with Crippen molar-refractivity contribution in [2.24, 2.45) is 0 Å². The molecule has 2 N–H and O–H groups in total. The van der Waals surface area contributed by atoms with E-state index in [-0.39, 0.29) is 22.5 Å². The Labute approximate surface area is 128 Å². The fourth-order valence-corrected chi connectivity index (χ4v) is 2.11. The second-order valence-electron chi connectivity index (χ2n) is 4.32. The number of hydrogen-bond donors (Lipinski definition) is 2. The minimum Gasteiger partial charge on any atom is -0.478 e. The standard InChI is InChI=1S/C15H11BrFNO3/c16-12-7-10(4-5-13(12)17)14(19)18-8-9-2-1-3-11(6-9)15(20)21/h1-7H,8H2,(H,18,19)(H,20,21). The minimum atomic E-state index is -1.02. The first-order chi connectivity index (χ1) is 9.97. The molecule has 4 nitrogen and oxygen atoms in total. The Bertz CT molecular complexity index is 703. The van der Waals surface area contributed by atoms with Crippen molar-refractivity contribution in [3.05, 3.63) is 69.4 Å². The Balaban J connectivity index is 2.05. The average Bonchev–Trinajstić information content (AvgIpc) is 2.48. The fourth-order valence-electron chi connectivity index (χ4n) is 1.74. The van der Waals surface area contributed by atoms with Crippen LogP contribution in [0.3, 0.4) is 0 Å². The Morgan fingerprint density at radius 3 is 2.57 bits per heavy atom. The van der Waals surface area contributed by atoms with Crippen LogP contribution >= 0.6 is 15.9 Å². The molecule has 21 heavy (non-hydrogen) atoms. The van der Waals surface area contributed by atoms with Crippen LogP contribution < -0.4 is 5.32 Å². The van der Waals surface area contributed by atoms with Crippen LogP contribution in [-0.4, -0.2) is 17.0 Å². The van der Waals surface area contributed by atoms with Gasteiger partial charge in [0.1, 0.15) is 5.82 Å². The average molecular weight is 352 g/mol. The lowest BCUT2D eigenvalue weighted by Crippen LogP contribution is -2.23. The summed E-state index contributed by atoms with van der Waals surface area (Å²) in [7, 11) is 0. The van der Waals surface area contributed by atoms with Gasteiger partial charge < -0.3 is 10.4 Å². The van der Waals surface area contributed by atoms with E-state index in [1.165, 1.54) is 30.3 Å².